The molecule has 0 saturated heterocycles. The molecule has 2 amide bonds. The molecule has 0 spiro atoms. The molecule has 0 fully saturated rings. The number of benzene rings is 2. The van der Waals surface area contributed by atoms with Crippen molar-refractivity contribution in [2.24, 2.45) is 0 Å². The SMILES string of the molecule is CCOc1cc(NC(=O)c2ccco2)c(OCC)cc1NC(=O)c1cccc(OC)c1. The van der Waals surface area contributed by atoms with E-state index in [2.05, 4.69) is 10.6 Å². The first-order valence-electron chi connectivity index (χ1n) is 9.79. The fourth-order valence-corrected chi connectivity index (χ4v) is 2.86. The lowest BCUT2D eigenvalue weighted by Crippen LogP contribution is -2.15. The number of carbonyl (C=O) groups is 2. The van der Waals surface area contributed by atoms with Crippen LogP contribution >= 0.6 is 0 Å². The number of ether oxygens (including phenoxy) is 3. The van der Waals surface area contributed by atoms with Gasteiger partial charge in [-0.3, -0.25) is 9.59 Å². The van der Waals surface area contributed by atoms with Crippen LogP contribution in [0.4, 0.5) is 11.4 Å². The highest BCUT2D eigenvalue weighted by molar-refractivity contribution is 6.07. The molecule has 0 radical (unpaired) electrons. The van der Waals surface area contributed by atoms with Crippen molar-refractivity contribution >= 4 is 23.2 Å². The minimum Gasteiger partial charge on any atom is -0.497 e. The quantitative estimate of drug-likeness (QED) is 0.521. The van der Waals surface area contributed by atoms with Crippen LogP contribution in [-0.4, -0.2) is 32.1 Å². The van der Waals surface area contributed by atoms with E-state index in [9.17, 15) is 9.59 Å². The number of carbonyl (C=O) groups excluding carboxylic acids is 2. The maximum atomic E-state index is 12.8. The summed E-state index contributed by atoms with van der Waals surface area (Å²) >= 11 is 0. The molecule has 0 unspecified atom stereocenters. The topological polar surface area (TPSA) is 99.0 Å². The minimum absolute atomic E-state index is 0.163. The summed E-state index contributed by atoms with van der Waals surface area (Å²) < 4.78 is 21.7. The van der Waals surface area contributed by atoms with Crippen LogP contribution in [0, 0.1) is 0 Å². The van der Waals surface area contributed by atoms with Crippen molar-refractivity contribution in [3.63, 3.8) is 0 Å². The molecule has 2 aromatic carbocycles. The molecule has 8 nitrogen and oxygen atoms in total. The third-order valence-corrected chi connectivity index (χ3v) is 4.25. The van der Waals surface area contributed by atoms with Gasteiger partial charge in [0.1, 0.15) is 17.2 Å². The van der Waals surface area contributed by atoms with Gasteiger partial charge in [0, 0.05) is 17.7 Å². The first kappa shape index (κ1) is 21.8. The van der Waals surface area contributed by atoms with Gasteiger partial charge in [-0.05, 0) is 44.2 Å². The van der Waals surface area contributed by atoms with Crippen molar-refractivity contribution in [3.05, 3.63) is 66.1 Å². The zero-order valence-electron chi connectivity index (χ0n) is 17.6. The Balaban J connectivity index is 1.92. The van der Waals surface area contributed by atoms with Crippen LogP contribution in [0.15, 0.2) is 59.2 Å². The molecule has 31 heavy (non-hydrogen) atoms. The predicted octanol–water partition coefficient (Wildman–Crippen LogP) is 4.59. The highest BCUT2D eigenvalue weighted by Crippen LogP contribution is 2.37. The number of anilines is 2. The average Bonchev–Trinajstić information content (AvgIpc) is 3.32. The highest BCUT2D eigenvalue weighted by Gasteiger charge is 2.18. The number of hydrogen-bond acceptors (Lipinski definition) is 6. The number of amides is 2. The Hall–Kier alpha value is -3.94. The second-order valence-corrected chi connectivity index (χ2v) is 6.33. The van der Waals surface area contributed by atoms with Crippen molar-refractivity contribution in [2.75, 3.05) is 31.0 Å². The molecule has 0 aliphatic rings. The molecule has 0 saturated carbocycles. The number of furan rings is 1. The molecule has 0 bridgehead atoms. The summed E-state index contributed by atoms with van der Waals surface area (Å²) in [6, 6.07) is 13.2. The van der Waals surface area contributed by atoms with E-state index in [0.717, 1.165) is 0 Å². The zero-order valence-corrected chi connectivity index (χ0v) is 17.6. The summed E-state index contributed by atoms with van der Waals surface area (Å²) in [5, 5.41) is 5.60. The lowest BCUT2D eigenvalue weighted by Gasteiger charge is -2.17. The smallest absolute Gasteiger partial charge is 0.291 e. The van der Waals surface area contributed by atoms with E-state index in [1.807, 2.05) is 13.8 Å². The van der Waals surface area contributed by atoms with Gasteiger partial charge in [0.25, 0.3) is 11.8 Å². The standard InChI is InChI=1S/C23H24N2O6/c1-4-29-20-14-18(25-23(27)19-10-7-11-31-19)21(30-5-2)13-17(20)24-22(26)15-8-6-9-16(12-15)28-3/h6-14H,4-5H2,1-3H3,(H,24,26)(H,25,27). The van der Waals surface area contributed by atoms with Crippen LogP contribution in [0.3, 0.4) is 0 Å². The molecule has 162 valence electrons. The Labute approximate surface area is 180 Å². The number of hydrogen-bond donors (Lipinski definition) is 2. The van der Waals surface area contributed by atoms with Gasteiger partial charge in [-0.25, -0.2) is 0 Å². The first-order chi connectivity index (χ1) is 15.0. The van der Waals surface area contributed by atoms with Gasteiger partial charge in [0.15, 0.2) is 5.76 Å². The fraction of sp³-hybridized carbons (Fsp3) is 0.217. The van der Waals surface area contributed by atoms with E-state index in [1.54, 1.807) is 48.5 Å². The van der Waals surface area contributed by atoms with Crippen molar-refractivity contribution in [1.82, 2.24) is 0 Å². The predicted molar refractivity (Wildman–Crippen MR) is 116 cm³/mol. The van der Waals surface area contributed by atoms with E-state index in [1.165, 1.54) is 13.4 Å². The van der Waals surface area contributed by atoms with Gasteiger partial charge < -0.3 is 29.3 Å². The molecule has 0 aliphatic heterocycles. The van der Waals surface area contributed by atoms with Crippen LogP contribution in [0.1, 0.15) is 34.8 Å². The Bertz CT molecular complexity index is 1050. The molecule has 2 N–H and O–H groups in total. The van der Waals surface area contributed by atoms with Crippen LogP contribution < -0.4 is 24.8 Å². The van der Waals surface area contributed by atoms with E-state index < -0.39 is 5.91 Å². The number of nitrogens with one attached hydrogen (secondary N) is 2. The van der Waals surface area contributed by atoms with Crippen LogP contribution in [-0.2, 0) is 0 Å². The molecular weight excluding hydrogens is 400 g/mol. The van der Waals surface area contributed by atoms with Crippen molar-refractivity contribution in [3.8, 4) is 17.2 Å². The van der Waals surface area contributed by atoms with E-state index >= 15 is 0 Å². The van der Waals surface area contributed by atoms with E-state index in [-0.39, 0.29) is 11.7 Å². The molecule has 0 aliphatic carbocycles. The zero-order chi connectivity index (χ0) is 22.2. The van der Waals surface area contributed by atoms with E-state index in [4.69, 9.17) is 18.6 Å². The minimum atomic E-state index is -0.429. The van der Waals surface area contributed by atoms with Gasteiger partial charge in [-0.15, -0.1) is 0 Å². The molecule has 0 atom stereocenters. The van der Waals surface area contributed by atoms with Crippen molar-refractivity contribution in [1.29, 1.82) is 0 Å². The third-order valence-electron chi connectivity index (χ3n) is 4.25. The van der Waals surface area contributed by atoms with Crippen LogP contribution in [0.5, 0.6) is 17.2 Å². The summed E-state index contributed by atoms with van der Waals surface area (Å²) in [7, 11) is 1.54. The Morgan fingerprint density at radius 1 is 0.871 bits per heavy atom. The maximum Gasteiger partial charge on any atom is 0.291 e. The number of rotatable bonds is 9. The normalized spacial score (nSPS) is 10.3. The van der Waals surface area contributed by atoms with Gasteiger partial charge in [0.2, 0.25) is 0 Å². The molecule has 1 heterocycles. The van der Waals surface area contributed by atoms with Gasteiger partial charge >= 0.3 is 0 Å². The summed E-state index contributed by atoms with van der Waals surface area (Å²) in [4.78, 5) is 25.2. The highest BCUT2D eigenvalue weighted by atomic mass is 16.5. The summed E-state index contributed by atoms with van der Waals surface area (Å²) in [5.74, 6) is 0.736. The Morgan fingerprint density at radius 3 is 2.06 bits per heavy atom. The second kappa shape index (κ2) is 10.2. The Kier molecular flexibility index (Phi) is 7.16. The van der Waals surface area contributed by atoms with Gasteiger partial charge in [-0.2, -0.15) is 0 Å². The number of methoxy groups -OCH3 is 1. The van der Waals surface area contributed by atoms with Crippen LogP contribution in [0.2, 0.25) is 0 Å². The summed E-state index contributed by atoms with van der Waals surface area (Å²) in [6.45, 7) is 4.37. The lowest BCUT2D eigenvalue weighted by atomic mass is 10.1. The molecule has 1 aromatic heterocycles. The van der Waals surface area contributed by atoms with E-state index in [0.29, 0.717) is 47.4 Å². The van der Waals surface area contributed by atoms with Crippen molar-refractivity contribution in [2.45, 2.75) is 13.8 Å². The molecule has 8 heteroatoms. The fourth-order valence-electron chi connectivity index (χ4n) is 2.86. The maximum absolute atomic E-state index is 12.8. The van der Waals surface area contributed by atoms with Gasteiger partial charge in [-0.1, -0.05) is 6.07 Å². The third kappa shape index (κ3) is 5.36. The molecule has 3 aromatic rings. The monoisotopic (exact) mass is 424 g/mol. The second-order valence-electron chi connectivity index (χ2n) is 6.33. The Morgan fingerprint density at radius 2 is 1.52 bits per heavy atom. The van der Waals surface area contributed by atoms with Crippen LogP contribution in [0.25, 0.3) is 0 Å². The van der Waals surface area contributed by atoms with Gasteiger partial charge in [0.05, 0.1) is 38.0 Å². The summed E-state index contributed by atoms with van der Waals surface area (Å²) in [6.07, 6.45) is 1.42. The average molecular weight is 424 g/mol. The molecular formula is C23H24N2O6. The summed E-state index contributed by atoms with van der Waals surface area (Å²) in [5.41, 5.74) is 1.23. The van der Waals surface area contributed by atoms with Crippen molar-refractivity contribution < 1.29 is 28.2 Å². The lowest BCUT2D eigenvalue weighted by molar-refractivity contribution is 0.0993. The first-order valence-corrected chi connectivity index (χ1v) is 9.79. The molecule has 3 rings (SSSR count). The largest absolute Gasteiger partial charge is 0.497 e.